The van der Waals surface area contributed by atoms with E-state index in [1.54, 1.807) is 6.20 Å². The van der Waals surface area contributed by atoms with Crippen LogP contribution in [-0.2, 0) is 11.3 Å². The van der Waals surface area contributed by atoms with E-state index in [-0.39, 0.29) is 11.3 Å². The first kappa shape index (κ1) is 14.1. The molecule has 1 amide bonds. The molecule has 106 valence electrons. The average molecular weight is 264 g/mol. The van der Waals surface area contributed by atoms with Gasteiger partial charge in [-0.2, -0.15) is 0 Å². The van der Waals surface area contributed by atoms with Crippen LogP contribution in [-0.4, -0.2) is 39.9 Å². The normalized spacial score (nSPS) is 17.7. The van der Waals surface area contributed by atoms with E-state index in [1.165, 1.54) is 0 Å². The molecule has 2 N–H and O–H groups in total. The van der Waals surface area contributed by atoms with Crippen molar-refractivity contribution < 1.29 is 4.79 Å². The monoisotopic (exact) mass is 264 g/mol. The van der Waals surface area contributed by atoms with Crippen LogP contribution in [0.5, 0.6) is 0 Å². The lowest BCUT2D eigenvalue weighted by atomic mass is 9.93. The van der Waals surface area contributed by atoms with Gasteiger partial charge in [0.1, 0.15) is 5.82 Å². The molecule has 0 bridgehead atoms. The predicted octanol–water partition coefficient (Wildman–Crippen LogP) is 1.54. The molecule has 19 heavy (non-hydrogen) atoms. The first-order valence-corrected chi connectivity index (χ1v) is 6.98. The highest BCUT2D eigenvalue weighted by molar-refractivity contribution is 5.81. The van der Waals surface area contributed by atoms with Gasteiger partial charge in [0, 0.05) is 36.9 Å². The molecule has 0 saturated carbocycles. The van der Waals surface area contributed by atoms with Crippen molar-refractivity contribution in [1.29, 1.82) is 0 Å². The summed E-state index contributed by atoms with van der Waals surface area (Å²) in [5.74, 6) is 1.23. The molecule has 1 aromatic rings. The predicted molar refractivity (Wildman–Crippen MR) is 74.5 cm³/mol. The van der Waals surface area contributed by atoms with Crippen LogP contribution in [0.25, 0.3) is 0 Å². The van der Waals surface area contributed by atoms with Crippen LogP contribution in [0.15, 0.2) is 12.4 Å². The zero-order chi connectivity index (χ0) is 13.9. The largest absolute Gasteiger partial charge is 0.348 e. The molecule has 0 aliphatic carbocycles. The molecular weight excluding hydrogens is 240 g/mol. The average Bonchev–Trinajstić information content (AvgIpc) is 2.88. The number of aromatic nitrogens is 2. The second-order valence-electron chi connectivity index (χ2n) is 6.23. The maximum atomic E-state index is 12.2. The molecule has 0 atom stereocenters. The van der Waals surface area contributed by atoms with Crippen molar-refractivity contribution in [3.05, 3.63) is 18.2 Å². The number of carbonyl (C=O) groups excluding carboxylic acids is 1. The van der Waals surface area contributed by atoms with Crippen molar-refractivity contribution in [2.75, 3.05) is 13.1 Å². The Labute approximate surface area is 114 Å². The molecule has 0 aromatic carbocycles. The van der Waals surface area contributed by atoms with Gasteiger partial charge in [-0.25, -0.2) is 4.98 Å². The molecule has 1 fully saturated rings. The number of H-pyrrole nitrogens is 1. The van der Waals surface area contributed by atoms with Crippen molar-refractivity contribution in [1.82, 2.24) is 20.2 Å². The zero-order valence-corrected chi connectivity index (χ0v) is 12.1. The second-order valence-corrected chi connectivity index (χ2v) is 6.23. The van der Waals surface area contributed by atoms with Crippen molar-refractivity contribution >= 4 is 5.91 Å². The smallest absolute Gasteiger partial charge is 0.227 e. The Morgan fingerprint density at radius 3 is 2.68 bits per heavy atom. The van der Waals surface area contributed by atoms with Crippen molar-refractivity contribution in [3.63, 3.8) is 0 Å². The number of hydrogen-bond donors (Lipinski definition) is 2. The third-order valence-electron chi connectivity index (χ3n) is 3.54. The van der Waals surface area contributed by atoms with Gasteiger partial charge in [0.25, 0.3) is 0 Å². The third-order valence-corrected chi connectivity index (χ3v) is 3.54. The lowest BCUT2D eigenvalue weighted by Gasteiger charge is -2.36. The summed E-state index contributed by atoms with van der Waals surface area (Å²) in [7, 11) is 0. The Kier molecular flexibility index (Phi) is 4.24. The Bertz CT molecular complexity index is 400. The van der Waals surface area contributed by atoms with E-state index < -0.39 is 0 Å². The summed E-state index contributed by atoms with van der Waals surface area (Å²) in [6.07, 6.45) is 5.63. The van der Waals surface area contributed by atoms with Crippen LogP contribution in [0.2, 0.25) is 0 Å². The molecule has 0 unspecified atom stereocenters. The van der Waals surface area contributed by atoms with Crippen molar-refractivity contribution in [2.24, 2.45) is 5.41 Å². The van der Waals surface area contributed by atoms with E-state index in [0.29, 0.717) is 6.04 Å². The molecule has 1 aliphatic heterocycles. The topological polar surface area (TPSA) is 61.0 Å². The minimum Gasteiger partial charge on any atom is -0.348 e. The van der Waals surface area contributed by atoms with Gasteiger partial charge in [0.15, 0.2) is 0 Å². The number of nitrogens with one attached hydrogen (secondary N) is 2. The van der Waals surface area contributed by atoms with E-state index in [9.17, 15) is 4.79 Å². The summed E-state index contributed by atoms with van der Waals surface area (Å²) in [5.41, 5.74) is -0.269. The summed E-state index contributed by atoms with van der Waals surface area (Å²) < 4.78 is 0. The number of imidazole rings is 1. The van der Waals surface area contributed by atoms with Gasteiger partial charge in [-0.05, 0) is 12.8 Å². The van der Waals surface area contributed by atoms with E-state index in [0.717, 1.165) is 38.3 Å². The zero-order valence-electron chi connectivity index (χ0n) is 12.1. The molecule has 5 nitrogen and oxygen atoms in total. The second kappa shape index (κ2) is 5.74. The number of aromatic amines is 1. The van der Waals surface area contributed by atoms with Crippen LogP contribution in [0.4, 0.5) is 0 Å². The van der Waals surface area contributed by atoms with Crippen molar-refractivity contribution in [2.45, 2.75) is 46.2 Å². The van der Waals surface area contributed by atoms with Gasteiger partial charge in [-0.15, -0.1) is 0 Å². The molecule has 0 spiro atoms. The Morgan fingerprint density at radius 1 is 1.47 bits per heavy atom. The van der Waals surface area contributed by atoms with Gasteiger partial charge >= 0.3 is 0 Å². The SMILES string of the molecule is CC(C)(C)C(=O)N1CCC(NCc2ncc[nH]2)CC1. The maximum Gasteiger partial charge on any atom is 0.227 e. The number of hydrogen-bond acceptors (Lipinski definition) is 3. The fraction of sp³-hybridized carbons (Fsp3) is 0.714. The summed E-state index contributed by atoms with van der Waals surface area (Å²) in [6.45, 7) is 8.42. The number of nitrogens with zero attached hydrogens (tertiary/aromatic N) is 2. The Balaban J connectivity index is 1.75. The molecule has 2 rings (SSSR count). The summed E-state index contributed by atoms with van der Waals surface area (Å²) in [5, 5.41) is 3.49. The molecule has 1 aromatic heterocycles. The van der Waals surface area contributed by atoms with Gasteiger partial charge < -0.3 is 15.2 Å². The van der Waals surface area contributed by atoms with Gasteiger partial charge in [-0.3, -0.25) is 4.79 Å². The van der Waals surface area contributed by atoms with Gasteiger partial charge in [-0.1, -0.05) is 20.8 Å². The first-order chi connectivity index (χ1) is 8.97. The Hall–Kier alpha value is -1.36. The fourth-order valence-electron chi connectivity index (χ4n) is 2.40. The lowest BCUT2D eigenvalue weighted by molar-refractivity contribution is -0.140. The molecule has 5 heteroatoms. The standard InChI is InChI=1S/C14H24N4O/c1-14(2,3)13(19)18-8-4-11(5-9-18)17-10-12-15-6-7-16-12/h6-7,11,17H,4-5,8-10H2,1-3H3,(H,15,16). The highest BCUT2D eigenvalue weighted by Gasteiger charge is 2.30. The van der Waals surface area contributed by atoms with Crippen LogP contribution < -0.4 is 5.32 Å². The third kappa shape index (κ3) is 3.80. The summed E-state index contributed by atoms with van der Waals surface area (Å²) >= 11 is 0. The molecule has 1 saturated heterocycles. The van der Waals surface area contributed by atoms with Crippen molar-refractivity contribution in [3.8, 4) is 0 Å². The first-order valence-electron chi connectivity index (χ1n) is 6.98. The highest BCUT2D eigenvalue weighted by Crippen LogP contribution is 2.21. The number of amides is 1. The van der Waals surface area contributed by atoms with E-state index >= 15 is 0 Å². The minimum atomic E-state index is -0.269. The molecular formula is C14H24N4O. The fourth-order valence-corrected chi connectivity index (χ4v) is 2.40. The quantitative estimate of drug-likeness (QED) is 0.870. The number of piperidine rings is 1. The lowest BCUT2D eigenvalue weighted by Crippen LogP contribution is -2.48. The number of rotatable bonds is 3. The van der Waals surface area contributed by atoms with E-state index in [4.69, 9.17) is 0 Å². The number of carbonyl (C=O) groups is 1. The van der Waals surface area contributed by atoms with E-state index in [1.807, 2.05) is 31.9 Å². The Morgan fingerprint density at radius 2 is 2.16 bits per heavy atom. The highest BCUT2D eigenvalue weighted by atomic mass is 16.2. The van der Waals surface area contributed by atoms with E-state index in [2.05, 4.69) is 15.3 Å². The van der Waals surface area contributed by atoms with Crippen LogP contribution >= 0.6 is 0 Å². The summed E-state index contributed by atoms with van der Waals surface area (Å²) in [6, 6.07) is 0.481. The molecule has 2 heterocycles. The van der Waals surface area contributed by atoms with Crippen LogP contribution in [0.1, 0.15) is 39.4 Å². The molecule has 1 aliphatic rings. The van der Waals surface area contributed by atoms with Gasteiger partial charge in [0.05, 0.1) is 6.54 Å². The maximum absolute atomic E-state index is 12.2. The van der Waals surface area contributed by atoms with Crippen LogP contribution in [0, 0.1) is 5.41 Å². The summed E-state index contributed by atoms with van der Waals surface area (Å²) in [4.78, 5) is 21.4. The van der Waals surface area contributed by atoms with Crippen LogP contribution in [0.3, 0.4) is 0 Å². The minimum absolute atomic E-state index is 0.261. The molecule has 0 radical (unpaired) electrons. The number of likely N-dealkylation sites (tertiary alicyclic amines) is 1. The van der Waals surface area contributed by atoms with Gasteiger partial charge in [0.2, 0.25) is 5.91 Å².